The zero-order chi connectivity index (χ0) is 49.7. The Balaban J connectivity index is 2.29. The van der Waals surface area contributed by atoms with Gasteiger partial charge in [0.25, 0.3) is 0 Å². The van der Waals surface area contributed by atoms with Gasteiger partial charge in [-0.3, -0.25) is 4.79 Å². The Morgan fingerprint density at radius 3 is 1.24 bits per heavy atom. The van der Waals surface area contributed by atoms with Crippen LogP contribution in [-0.2, 0) is 14.3 Å². The summed E-state index contributed by atoms with van der Waals surface area (Å²) >= 11 is 0. The van der Waals surface area contributed by atoms with Crippen LogP contribution in [0.4, 0.5) is 0 Å². The fraction of sp³-hybridized carbons (Fsp3) is 0.947. The summed E-state index contributed by atoms with van der Waals surface area (Å²) in [6, 6.07) is -1.17. The Labute approximate surface area is 417 Å². The van der Waals surface area contributed by atoms with Gasteiger partial charge < -0.3 is 50.5 Å². The summed E-state index contributed by atoms with van der Waals surface area (Å²) < 4.78 is 11.1. The molecule has 0 aromatic heterocycles. The summed E-state index contributed by atoms with van der Waals surface area (Å²) in [4.78, 5) is 13.2. The van der Waals surface area contributed by atoms with Gasteiger partial charge >= 0.3 is 0 Å². The molecule has 9 unspecified atom stereocenters. The van der Waals surface area contributed by atoms with Crippen molar-refractivity contribution in [2.45, 2.75) is 332 Å². The highest BCUT2D eigenvalue weighted by molar-refractivity contribution is 5.80. The summed E-state index contributed by atoms with van der Waals surface area (Å²) in [5.41, 5.74) is 0. The zero-order valence-corrected chi connectivity index (χ0v) is 44.1. The number of rotatable bonds is 50. The molecule has 404 valence electrons. The zero-order valence-electron chi connectivity index (χ0n) is 44.1. The monoisotopic (exact) mass is 970 g/mol. The predicted octanol–water partition coefficient (Wildman–Crippen LogP) is 12.0. The molecule has 0 aromatic carbocycles. The molecule has 0 aromatic rings. The van der Waals surface area contributed by atoms with Crippen LogP contribution in [0, 0.1) is 0 Å². The number of aliphatic hydroxyl groups excluding tert-OH is 7. The summed E-state index contributed by atoms with van der Waals surface area (Å²) in [6.07, 6.45) is 42.6. The van der Waals surface area contributed by atoms with E-state index in [4.69, 9.17) is 9.47 Å². The van der Waals surface area contributed by atoms with Crippen molar-refractivity contribution in [2.75, 3.05) is 13.2 Å². The highest BCUT2D eigenvalue weighted by atomic mass is 16.7. The third-order valence-corrected chi connectivity index (χ3v) is 14.3. The van der Waals surface area contributed by atoms with E-state index in [2.05, 4.69) is 31.3 Å². The second kappa shape index (κ2) is 46.9. The van der Waals surface area contributed by atoms with Crippen molar-refractivity contribution >= 4 is 5.91 Å². The van der Waals surface area contributed by atoms with Crippen LogP contribution in [0.15, 0.2) is 12.2 Å². The van der Waals surface area contributed by atoms with E-state index in [0.29, 0.717) is 19.3 Å². The molecule has 1 aliphatic rings. The number of carbonyl (C=O) groups is 1. The average molecular weight is 971 g/mol. The Bertz CT molecular complexity index is 1110. The van der Waals surface area contributed by atoms with Crippen molar-refractivity contribution < 1.29 is 50.0 Å². The van der Waals surface area contributed by atoms with E-state index in [1.807, 2.05) is 0 Å². The van der Waals surface area contributed by atoms with E-state index >= 15 is 0 Å². The molecule has 11 nitrogen and oxygen atoms in total. The second-order valence-corrected chi connectivity index (χ2v) is 20.7. The molecular weight excluding hydrogens is 859 g/mol. The van der Waals surface area contributed by atoms with Gasteiger partial charge in [0.05, 0.1) is 25.4 Å². The maximum Gasteiger partial charge on any atom is 0.249 e. The minimum Gasteiger partial charge on any atom is -0.394 e. The van der Waals surface area contributed by atoms with Gasteiger partial charge in [0.1, 0.15) is 36.6 Å². The van der Waals surface area contributed by atoms with Crippen LogP contribution in [0.2, 0.25) is 0 Å². The van der Waals surface area contributed by atoms with Crippen LogP contribution in [0.25, 0.3) is 0 Å². The standard InChI is InChI=1S/C57H111NO10/c1-3-5-7-9-11-13-15-17-19-21-22-23-24-25-26-27-28-29-31-32-34-36-38-40-42-44-49(60)52(62)48(47-67-57-55(65)54(64)53(63)51(46-59)68-57)58-56(66)50(61)45-43-41-39-37-35-33-30-20-18-16-14-12-10-8-6-4-2/h18,20,48-55,57,59-65H,3-17,19,21-47H2,1-2H3,(H,58,66)/b20-18-. The first-order valence-electron chi connectivity index (χ1n) is 29.1. The fourth-order valence-corrected chi connectivity index (χ4v) is 9.56. The summed E-state index contributed by atoms with van der Waals surface area (Å²) in [5.74, 6) is -0.698. The van der Waals surface area contributed by atoms with E-state index in [0.717, 1.165) is 51.4 Å². The molecule has 1 saturated heterocycles. The molecule has 1 rings (SSSR count). The van der Waals surface area contributed by atoms with Crippen molar-refractivity contribution in [2.24, 2.45) is 0 Å². The molecule has 0 aliphatic carbocycles. The van der Waals surface area contributed by atoms with Crippen LogP contribution < -0.4 is 5.32 Å². The normalized spacial score (nSPS) is 20.5. The van der Waals surface area contributed by atoms with Gasteiger partial charge in [-0.05, 0) is 38.5 Å². The number of amides is 1. The van der Waals surface area contributed by atoms with E-state index in [1.54, 1.807) is 0 Å². The number of ether oxygens (including phenoxy) is 2. The Morgan fingerprint density at radius 1 is 0.500 bits per heavy atom. The third kappa shape index (κ3) is 35.1. The lowest BCUT2D eigenvalue weighted by molar-refractivity contribution is -0.303. The molecule has 0 bridgehead atoms. The van der Waals surface area contributed by atoms with Crippen LogP contribution >= 0.6 is 0 Å². The number of aliphatic hydroxyl groups is 7. The summed E-state index contributed by atoms with van der Waals surface area (Å²) in [6.45, 7) is 3.48. The molecule has 11 heteroatoms. The number of hydrogen-bond donors (Lipinski definition) is 8. The Morgan fingerprint density at radius 2 is 0.853 bits per heavy atom. The Kier molecular flexibility index (Phi) is 44.7. The molecule has 8 N–H and O–H groups in total. The maximum atomic E-state index is 13.2. The van der Waals surface area contributed by atoms with Crippen LogP contribution in [0.1, 0.15) is 277 Å². The van der Waals surface area contributed by atoms with Gasteiger partial charge in [0.15, 0.2) is 6.29 Å². The minimum atomic E-state index is -1.66. The van der Waals surface area contributed by atoms with Crippen molar-refractivity contribution in [3.63, 3.8) is 0 Å². The minimum absolute atomic E-state index is 0.255. The summed E-state index contributed by atoms with van der Waals surface area (Å²) in [5, 5.41) is 76.1. The molecule has 1 aliphatic heterocycles. The first kappa shape index (κ1) is 64.9. The molecule has 0 spiro atoms. The van der Waals surface area contributed by atoms with Crippen LogP contribution in [-0.4, -0.2) is 110 Å². The number of hydrogen-bond acceptors (Lipinski definition) is 10. The molecule has 1 heterocycles. The average Bonchev–Trinajstić information content (AvgIpc) is 3.34. The largest absolute Gasteiger partial charge is 0.394 e. The smallest absolute Gasteiger partial charge is 0.249 e. The van der Waals surface area contributed by atoms with Gasteiger partial charge in [0, 0.05) is 0 Å². The maximum absolute atomic E-state index is 13.2. The van der Waals surface area contributed by atoms with Crippen LogP contribution in [0.3, 0.4) is 0 Å². The SMILES string of the molecule is CCCCCCCC/C=C\CCCCCCCCC(O)C(=O)NC(COC1OC(CO)C(O)C(O)C1O)C(O)C(O)CCCCCCCCCCCCCCCCCCCCCCCCCCC. The van der Waals surface area contributed by atoms with Crippen LogP contribution in [0.5, 0.6) is 0 Å². The van der Waals surface area contributed by atoms with Gasteiger partial charge in [-0.2, -0.15) is 0 Å². The van der Waals surface area contributed by atoms with Crippen molar-refractivity contribution in [3.05, 3.63) is 12.2 Å². The lowest BCUT2D eigenvalue weighted by Gasteiger charge is -2.40. The van der Waals surface area contributed by atoms with Crippen molar-refractivity contribution in [1.29, 1.82) is 0 Å². The molecular formula is C57H111NO10. The first-order chi connectivity index (χ1) is 33.2. The lowest BCUT2D eigenvalue weighted by atomic mass is 9.98. The quantitative estimate of drug-likeness (QED) is 0.0215. The molecule has 68 heavy (non-hydrogen) atoms. The van der Waals surface area contributed by atoms with Crippen molar-refractivity contribution in [1.82, 2.24) is 5.32 Å². The number of nitrogens with one attached hydrogen (secondary N) is 1. The Hall–Kier alpha value is -1.15. The lowest BCUT2D eigenvalue weighted by Crippen LogP contribution is -2.60. The van der Waals surface area contributed by atoms with Crippen molar-refractivity contribution in [3.8, 4) is 0 Å². The number of allylic oxidation sites excluding steroid dienone is 2. The highest BCUT2D eigenvalue weighted by Crippen LogP contribution is 2.23. The molecule has 1 amide bonds. The molecule has 9 atom stereocenters. The topological polar surface area (TPSA) is 189 Å². The van der Waals surface area contributed by atoms with Gasteiger partial charge in [-0.15, -0.1) is 0 Å². The van der Waals surface area contributed by atoms with Gasteiger partial charge in [0.2, 0.25) is 5.91 Å². The molecule has 0 saturated carbocycles. The second-order valence-electron chi connectivity index (χ2n) is 20.7. The summed E-state index contributed by atoms with van der Waals surface area (Å²) in [7, 11) is 0. The van der Waals surface area contributed by atoms with E-state index in [-0.39, 0.29) is 6.42 Å². The van der Waals surface area contributed by atoms with E-state index < -0.39 is 74.2 Å². The van der Waals surface area contributed by atoms with E-state index in [9.17, 15) is 40.5 Å². The van der Waals surface area contributed by atoms with Gasteiger partial charge in [-0.25, -0.2) is 0 Å². The van der Waals surface area contributed by atoms with E-state index in [1.165, 1.54) is 186 Å². The molecule has 1 fully saturated rings. The van der Waals surface area contributed by atoms with Gasteiger partial charge in [-0.1, -0.05) is 251 Å². The highest BCUT2D eigenvalue weighted by Gasteiger charge is 2.44. The predicted molar refractivity (Wildman–Crippen MR) is 279 cm³/mol. The number of carbonyl (C=O) groups excluding carboxylic acids is 1. The first-order valence-corrected chi connectivity index (χ1v) is 29.1. The third-order valence-electron chi connectivity index (χ3n) is 14.3. The molecule has 0 radical (unpaired) electrons. The fourth-order valence-electron chi connectivity index (χ4n) is 9.56. The number of unbranched alkanes of at least 4 members (excludes halogenated alkanes) is 36.